The molecule has 0 amide bonds. The summed E-state index contributed by atoms with van der Waals surface area (Å²) in [7, 11) is 0. The molecule has 2 N–H and O–H groups in total. The maximum absolute atomic E-state index is 5.88. The number of nitrogens with two attached hydrogens (primary N) is 1. The number of allylic oxidation sites excluding steroid dienone is 1. The van der Waals surface area contributed by atoms with Crippen molar-refractivity contribution in [2.75, 3.05) is 0 Å². The van der Waals surface area contributed by atoms with E-state index in [1.54, 1.807) is 0 Å². The Hall–Kier alpha value is -0.300. The molecule has 0 unspecified atom stereocenters. The lowest BCUT2D eigenvalue weighted by atomic mass is 10.1. The molecule has 1 nitrogen and oxygen atoms in total. The van der Waals surface area contributed by atoms with Gasteiger partial charge in [0.2, 0.25) is 0 Å². The highest BCUT2D eigenvalue weighted by molar-refractivity contribution is 5.17. The predicted molar refractivity (Wildman–Crippen MR) is 49.3 cm³/mol. The normalized spacial score (nSPS) is 34.5. The number of unbranched alkanes of at least 4 members (excludes halogenated alkanes) is 1. The lowest BCUT2D eigenvalue weighted by Gasteiger charge is -1.95. The molecule has 0 spiro atoms. The van der Waals surface area contributed by atoms with E-state index in [2.05, 4.69) is 32.9 Å². The van der Waals surface area contributed by atoms with E-state index in [9.17, 15) is 0 Å². The first-order chi connectivity index (χ1) is 5.10. The van der Waals surface area contributed by atoms with Crippen molar-refractivity contribution in [3.63, 3.8) is 0 Å². The summed E-state index contributed by atoms with van der Waals surface area (Å²) >= 11 is 0. The lowest BCUT2D eigenvalue weighted by molar-refractivity contribution is 0.590. The quantitative estimate of drug-likeness (QED) is 0.619. The lowest BCUT2D eigenvalue weighted by Crippen LogP contribution is -2.06. The average Bonchev–Trinajstić information content (AvgIpc) is 2.39. The van der Waals surface area contributed by atoms with Crippen molar-refractivity contribution < 1.29 is 0 Å². The Labute approximate surface area is 69.7 Å². The molecule has 1 aliphatic rings. The largest absolute Gasteiger partial charge is 0.327 e. The van der Waals surface area contributed by atoms with E-state index < -0.39 is 0 Å². The molecule has 11 heavy (non-hydrogen) atoms. The van der Waals surface area contributed by atoms with Crippen LogP contribution in [0.3, 0.4) is 0 Å². The fourth-order valence-corrected chi connectivity index (χ4v) is 1.50. The van der Waals surface area contributed by atoms with E-state index in [0.717, 1.165) is 0 Å². The molecule has 1 aliphatic carbocycles. The third kappa shape index (κ3) is 1.64. The monoisotopic (exact) mass is 153 g/mol. The van der Waals surface area contributed by atoms with Crippen molar-refractivity contribution in [1.82, 2.24) is 0 Å². The zero-order valence-electron chi connectivity index (χ0n) is 7.80. The Balaban J connectivity index is 2.31. The van der Waals surface area contributed by atoms with Crippen molar-refractivity contribution in [1.29, 1.82) is 0 Å². The van der Waals surface area contributed by atoms with Gasteiger partial charge in [-0.3, -0.25) is 0 Å². The summed E-state index contributed by atoms with van der Waals surface area (Å²) in [6, 6.07) is 0.399. The Morgan fingerprint density at radius 3 is 2.36 bits per heavy atom. The molecule has 0 saturated heterocycles. The number of rotatable bonds is 3. The van der Waals surface area contributed by atoms with Gasteiger partial charge in [0, 0.05) is 6.04 Å². The van der Waals surface area contributed by atoms with E-state index in [4.69, 9.17) is 5.73 Å². The van der Waals surface area contributed by atoms with Crippen molar-refractivity contribution in [2.45, 2.75) is 39.7 Å². The molecule has 0 aromatic rings. The first-order valence-electron chi connectivity index (χ1n) is 4.53. The Kier molecular flexibility index (Phi) is 2.38. The third-order valence-electron chi connectivity index (χ3n) is 2.79. The van der Waals surface area contributed by atoms with Crippen molar-refractivity contribution >= 4 is 0 Å². The number of hydrogen-bond donors (Lipinski definition) is 1. The van der Waals surface area contributed by atoms with Gasteiger partial charge in [-0.2, -0.15) is 0 Å². The van der Waals surface area contributed by atoms with Crippen LogP contribution in [0.25, 0.3) is 0 Å². The Morgan fingerprint density at radius 2 is 2.00 bits per heavy atom. The molecule has 0 aromatic carbocycles. The minimum atomic E-state index is 0.365. The molecule has 2 atom stereocenters. The minimum absolute atomic E-state index is 0.365. The first-order valence-corrected chi connectivity index (χ1v) is 4.53. The van der Waals surface area contributed by atoms with Gasteiger partial charge >= 0.3 is 0 Å². The van der Waals surface area contributed by atoms with Crippen LogP contribution in [-0.2, 0) is 0 Å². The molecule has 1 fully saturated rings. The van der Waals surface area contributed by atoms with Crippen molar-refractivity contribution in [3.05, 3.63) is 12.2 Å². The van der Waals surface area contributed by atoms with Gasteiger partial charge in [-0.1, -0.05) is 39.3 Å². The Bertz CT molecular complexity index is 158. The zero-order valence-corrected chi connectivity index (χ0v) is 7.80. The van der Waals surface area contributed by atoms with E-state index in [1.807, 2.05) is 0 Å². The molecular weight excluding hydrogens is 134 g/mol. The predicted octanol–water partition coefficient (Wildman–Crippen LogP) is 2.33. The van der Waals surface area contributed by atoms with E-state index in [-0.39, 0.29) is 0 Å². The summed E-state index contributed by atoms with van der Waals surface area (Å²) < 4.78 is 0. The molecule has 0 heterocycles. The molecular formula is C10H19N. The Morgan fingerprint density at radius 1 is 1.45 bits per heavy atom. The summed E-state index contributed by atoms with van der Waals surface area (Å²) in [5.41, 5.74) is 6.24. The van der Waals surface area contributed by atoms with Crippen LogP contribution in [0.2, 0.25) is 0 Å². The van der Waals surface area contributed by atoms with Gasteiger partial charge in [-0.05, 0) is 17.8 Å². The highest BCUT2D eigenvalue weighted by atomic mass is 14.8. The van der Waals surface area contributed by atoms with Gasteiger partial charge < -0.3 is 5.73 Å². The topological polar surface area (TPSA) is 26.0 Å². The fourth-order valence-electron chi connectivity index (χ4n) is 1.50. The zero-order chi connectivity index (χ0) is 8.48. The third-order valence-corrected chi connectivity index (χ3v) is 2.79. The van der Waals surface area contributed by atoms with Crippen molar-refractivity contribution in [3.8, 4) is 0 Å². The van der Waals surface area contributed by atoms with Gasteiger partial charge in [-0.15, -0.1) is 0 Å². The second-order valence-corrected chi connectivity index (χ2v) is 4.09. The maximum atomic E-state index is 5.88. The summed E-state index contributed by atoms with van der Waals surface area (Å²) in [4.78, 5) is 0. The van der Waals surface area contributed by atoms with Gasteiger partial charge in [0.05, 0.1) is 0 Å². The molecule has 0 radical (unpaired) electrons. The highest BCUT2D eigenvalue weighted by Gasteiger charge is 2.53. The molecule has 1 rings (SSSR count). The fraction of sp³-hybridized carbons (Fsp3) is 0.800. The van der Waals surface area contributed by atoms with E-state index >= 15 is 0 Å². The average molecular weight is 153 g/mol. The second kappa shape index (κ2) is 2.98. The summed E-state index contributed by atoms with van der Waals surface area (Å²) in [5.74, 6) is 0.633. The van der Waals surface area contributed by atoms with Crippen molar-refractivity contribution in [2.24, 2.45) is 17.1 Å². The minimum Gasteiger partial charge on any atom is -0.327 e. The summed E-state index contributed by atoms with van der Waals surface area (Å²) in [5, 5.41) is 0. The van der Waals surface area contributed by atoms with Crippen LogP contribution < -0.4 is 5.73 Å². The molecule has 0 aliphatic heterocycles. The second-order valence-electron chi connectivity index (χ2n) is 4.09. The van der Waals surface area contributed by atoms with Crippen LogP contribution in [0.5, 0.6) is 0 Å². The maximum Gasteiger partial charge on any atom is 0.0165 e. The van der Waals surface area contributed by atoms with Crippen LogP contribution in [0.1, 0.15) is 33.6 Å². The standard InChI is InChI=1S/C10H19N/c1-4-5-6-7-8-9(11)10(8,2)3/h6-9H,4-5,11H2,1-3H3/b7-6+/t8-,9-/m1/s1. The van der Waals surface area contributed by atoms with Crippen LogP contribution in [-0.4, -0.2) is 6.04 Å². The molecule has 0 bridgehead atoms. The van der Waals surface area contributed by atoms with Gasteiger partial charge in [0.25, 0.3) is 0 Å². The van der Waals surface area contributed by atoms with Crippen LogP contribution in [0.15, 0.2) is 12.2 Å². The van der Waals surface area contributed by atoms with Crippen LogP contribution >= 0.6 is 0 Å². The number of hydrogen-bond acceptors (Lipinski definition) is 1. The molecule has 1 heteroatoms. The van der Waals surface area contributed by atoms with Gasteiger partial charge in [0.15, 0.2) is 0 Å². The van der Waals surface area contributed by atoms with Gasteiger partial charge in [0.1, 0.15) is 0 Å². The van der Waals surface area contributed by atoms with Crippen LogP contribution in [0.4, 0.5) is 0 Å². The van der Waals surface area contributed by atoms with E-state index in [0.29, 0.717) is 17.4 Å². The summed E-state index contributed by atoms with van der Waals surface area (Å²) in [6.45, 7) is 6.67. The van der Waals surface area contributed by atoms with Gasteiger partial charge in [-0.25, -0.2) is 0 Å². The molecule has 64 valence electrons. The smallest absolute Gasteiger partial charge is 0.0165 e. The summed E-state index contributed by atoms with van der Waals surface area (Å²) in [6.07, 6.45) is 6.98. The SMILES string of the molecule is CCC/C=C/[C@@H]1[C@@H](N)C1(C)C. The van der Waals surface area contributed by atoms with Crippen LogP contribution in [0, 0.1) is 11.3 Å². The molecule has 0 aromatic heterocycles. The first kappa shape index (κ1) is 8.79. The van der Waals surface area contributed by atoms with E-state index in [1.165, 1.54) is 12.8 Å². The molecule has 1 saturated carbocycles. The highest BCUT2D eigenvalue weighted by Crippen LogP contribution is 2.51.